The summed E-state index contributed by atoms with van der Waals surface area (Å²) in [6.07, 6.45) is 1.91. The highest BCUT2D eigenvalue weighted by atomic mass is 19.1. The first-order chi connectivity index (χ1) is 9.78. The molecule has 0 aliphatic heterocycles. The Morgan fingerprint density at radius 1 is 1.10 bits per heavy atom. The van der Waals surface area contributed by atoms with E-state index < -0.39 is 0 Å². The molecule has 0 fully saturated rings. The topological polar surface area (TPSA) is 21.3 Å². The molecule has 0 spiro atoms. The Kier molecular flexibility index (Phi) is 5.42. The maximum absolute atomic E-state index is 13.0. The van der Waals surface area contributed by atoms with Crippen molar-refractivity contribution < 1.29 is 9.13 Å². The van der Waals surface area contributed by atoms with Crippen molar-refractivity contribution in [3.8, 4) is 5.75 Å². The van der Waals surface area contributed by atoms with Crippen LogP contribution in [0.2, 0.25) is 0 Å². The fourth-order valence-electron chi connectivity index (χ4n) is 1.91. The molecule has 0 saturated heterocycles. The smallest absolute Gasteiger partial charge is 0.125 e. The van der Waals surface area contributed by atoms with Crippen LogP contribution in [0.15, 0.2) is 48.5 Å². The minimum atomic E-state index is -0.220. The molecule has 0 aromatic heterocycles. The van der Waals surface area contributed by atoms with E-state index in [-0.39, 0.29) is 5.82 Å². The molecular weight excluding hydrogens is 253 g/mol. The second-order valence-corrected chi connectivity index (χ2v) is 4.64. The van der Waals surface area contributed by atoms with Crippen LogP contribution in [0.5, 0.6) is 5.75 Å². The van der Waals surface area contributed by atoms with E-state index in [4.69, 9.17) is 4.74 Å². The Hall–Kier alpha value is -2.03. The van der Waals surface area contributed by atoms with Crippen LogP contribution >= 0.6 is 0 Å². The molecule has 0 aliphatic rings. The number of hydrogen-bond acceptors (Lipinski definition) is 2. The van der Waals surface area contributed by atoms with Crippen molar-refractivity contribution in [2.75, 3.05) is 18.5 Å². The minimum absolute atomic E-state index is 0.220. The number of hydrogen-bond donors (Lipinski definition) is 1. The van der Waals surface area contributed by atoms with Crippen LogP contribution in [0.25, 0.3) is 0 Å². The highest BCUT2D eigenvalue weighted by Crippen LogP contribution is 2.13. The summed E-state index contributed by atoms with van der Waals surface area (Å²) >= 11 is 0. The van der Waals surface area contributed by atoms with Gasteiger partial charge >= 0.3 is 0 Å². The molecule has 2 aromatic carbocycles. The third kappa shape index (κ3) is 4.57. The molecule has 0 amide bonds. The Bertz CT molecular complexity index is 525. The average Bonchev–Trinajstić information content (AvgIpc) is 2.48. The van der Waals surface area contributed by atoms with E-state index in [1.54, 1.807) is 6.07 Å². The Balaban J connectivity index is 1.66. The van der Waals surface area contributed by atoms with Gasteiger partial charge in [-0.3, -0.25) is 0 Å². The van der Waals surface area contributed by atoms with Gasteiger partial charge in [0.2, 0.25) is 0 Å². The van der Waals surface area contributed by atoms with Gasteiger partial charge < -0.3 is 10.1 Å². The van der Waals surface area contributed by atoms with Gasteiger partial charge in [0.05, 0.1) is 6.61 Å². The van der Waals surface area contributed by atoms with Crippen molar-refractivity contribution in [2.45, 2.75) is 19.8 Å². The molecule has 0 heterocycles. The van der Waals surface area contributed by atoms with Gasteiger partial charge in [0, 0.05) is 12.2 Å². The maximum Gasteiger partial charge on any atom is 0.125 e. The first-order valence-corrected chi connectivity index (χ1v) is 6.99. The van der Waals surface area contributed by atoms with Crippen LogP contribution in [0, 0.1) is 5.82 Å². The molecule has 2 nitrogen and oxygen atoms in total. The monoisotopic (exact) mass is 273 g/mol. The van der Waals surface area contributed by atoms with Crippen molar-refractivity contribution in [1.29, 1.82) is 0 Å². The summed E-state index contributed by atoms with van der Waals surface area (Å²) in [5.41, 5.74) is 2.11. The van der Waals surface area contributed by atoms with Crippen molar-refractivity contribution >= 4 is 5.69 Å². The van der Waals surface area contributed by atoms with Crippen LogP contribution in [-0.4, -0.2) is 13.2 Å². The Morgan fingerprint density at radius 2 is 1.90 bits per heavy atom. The van der Waals surface area contributed by atoms with Gasteiger partial charge in [0.15, 0.2) is 0 Å². The SMILES string of the molecule is CCc1ccc(OCCCNc2cccc(F)c2)cc1. The zero-order chi connectivity index (χ0) is 14.2. The van der Waals surface area contributed by atoms with Crippen molar-refractivity contribution in [3.05, 3.63) is 59.9 Å². The van der Waals surface area contributed by atoms with Gasteiger partial charge in [-0.1, -0.05) is 25.1 Å². The molecule has 0 radical (unpaired) electrons. The fourth-order valence-corrected chi connectivity index (χ4v) is 1.91. The van der Waals surface area contributed by atoms with E-state index in [0.29, 0.717) is 6.61 Å². The zero-order valence-electron chi connectivity index (χ0n) is 11.7. The highest BCUT2D eigenvalue weighted by molar-refractivity contribution is 5.42. The van der Waals surface area contributed by atoms with Crippen LogP contribution in [0.3, 0.4) is 0 Å². The number of aryl methyl sites for hydroxylation is 1. The lowest BCUT2D eigenvalue weighted by molar-refractivity contribution is 0.315. The number of nitrogens with one attached hydrogen (secondary N) is 1. The minimum Gasteiger partial charge on any atom is -0.494 e. The highest BCUT2D eigenvalue weighted by Gasteiger charge is 1.96. The van der Waals surface area contributed by atoms with Gasteiger partial charge in [-0.2, -0.15) is 0 Å². The average molecular weight is 273 g/mol. The number of ether oxygens (including phenoxy) is 1. The molecule has 3 heteroatoms. The summed E-state index contributed by atoms with van der Waals surface area (Å²) in [6, 6.07) is 14.6. The maximum atomic E-state index is 13.0. The van der Waals surface area contributed by atoms with Gasteiger partial charge in [0.1, 0.15) is 11.6 Å². The molecule has 20 heavy (non-hydrogen) atoms. The van der Waals surface area contributed by atoms with Gasteiger partial charge in [-0.15, -0.1) is 0 Å². The van der Waals surface area contributed by atoms with Crippen LogP contribution < -0.4 is 10.1 Å². The molecule has 106 valence electrons. The van der Waals surface area contributed by atoms with Crippen LogP contribution in [-0.2, 0) is 6.42 Å². The fraction of sp³-hybridized carbons (Fsp3) is 0.294. The molecule has 0 bridgehead atoms. The summed E-state index contributed by atoms with van der Waals surface area (Å²) in [6.45, 7) is 3.54. The number of anilines is 1. The third-order valence-electron chi connectivity index (χ3n) is 3.08. The van der Waals surface area contributed by atoms with Crippen molar-refractivity contribution in [3.63, 3.8) is 0 Å². The summed E-state index contributed by atoms with van der Waals surface area (Å²) in [5, 5.41) is 3.17. The number of benzene rings is 2. The van der Waals surface area contributed by atoms with E-state index >= 15 is 0 Å². The van der Waals surface area contributed by atoms with E-state index in [1.165, 1.54) is 17.7 Å². The third-order valence-corrected chi connectivity index (χ3v) is 3.08. The lowest BCUT2D eigenvalue weighted by Gasteiger charge is -2.08. The molecule has 1 N–H and O–H groups in total. The quantitative estimate of drug-likeness (QED) is 0.761. The number of rotatable bonds is 7. The molecule has 0 atom stereocenters. The van der Waals surface area contributed by atoms with E-state index in [2.05, 4.69) is 24.4 Å². The molecular formula is C17H20FNO. The zero-order valence-corrected chi connectivity index (χ0v) is 11.7. The van der Waals surface area contributed by atoms with Crippen LogP contribution in [0.1, 0.15) is 18.9 Å². The second kappa shape index (κ2) is 7.53. The summed E-state index contributed by atoms with van der Waals surface area (Å²) in [5.74, 6) is 0.676. The standard InChI is InChI=1S/C17H20FNO/c1-2-14-7-9-17(10-8-14)20-12-4-11-19-16-6-3-5-15(18)13-16/h3,5-10,13,19H,2,4,11-12H2,1H3. The van der Waals surface area contributed by atoms with Crippen molar-refractivity contribution in [2.24, 2.45) is 0 Å². The van der Waals surface area contributed by atoms with Gasteiger partial charge in [-0.25, -0.2) is 4.39 Å². The normalized spacial score (nSPS) is 10.3. The van der Waals surface area contributed by atoms with Crippen LogP contribution in [0.4, 0.5) is 10.1 Å². The van der Waals surface area contributed by atoms with E-state index in [1.807, 2.05) is 18.2 Å². The van der Waals surface area contributed by atoms with Gasteiger partial charge in [-0.05, 0) is 48.7 Å². The second-order valence-electron chi connectivity index (χ2n) is 4.64. The summed E-state index contributed by atoms with van der Waals surface area (Å²) in [4.78, 5) is 0. The lowest BCUT2D eigenvalue weighted by Crippen LogP contribution is -2.07. The number of halogens is 1. The Labute approximate surface area is 119 Å². The van der Waals surface area contributed by atoms with Crippen molar-refractivity contribution in [1.82, 2.24) is 0 Å². The lowest BCUT2D eigenvalue weighted by atomic mass is 10.2. The summed E-state index contributed by atoms with van der Waals surface area (Å²) < 4.78 is 18.6. The predicted octanol–water partition coefficient (Wildman–Crippen LogP) is 4.27. The molecule has 2 aromatic rings. The molecule has 0 unspecified atom stereocenters. The van der Waals surface area contributed by atoms with E-state index in [0.717, 1.165) is 30.8 Å². The van der Waals surface area contributed by atoms with Gasteiger partial charge in [0.25, 0.3) is 0 Å². The first-order valence-electron chi connectivity index (χ1n) is 6.99. The molecule has 0 aliphatic carbocycles. The molecule has 2 rings (SSSR count). The first kappa shape index (κ1) is 14.4. The summed E-state index contributed by atoms with van der Waals surface area (Å²) in [7, 11) is 0. The largest absolute Gasteiger partial charge is 0.494 e. The predicted molar refractivity (Wildman–Crippen MR) is 80.8 cm³/mol. The van der Waals surface area contributed by atoms with E-state index in [9.17, 15) is 4.39 Å². The Morgan fingerprint density at radius 3 is 2.60 bits per heavy atom. The molecule has 0 saturated carbocycles.